The van der Waals surface area contributed by atoms with Crippen LogP contribution in [0.5, 0.6) is 0 Å². The van der Waals surface area contributed by atoms with Gasteiger partial charge in [-0.2, -0.15) is 13.2 Å². The third-order valence-corrected chi connectivity index (χ3v) is 2.02. The lowest BCUT2D eigenvalue weighted by atomic mass is 10.1. The minimum absolute atomic E-state index is 0.418. The van der Waals surface area contributed by atoms with Crippen LogP contribution in [0.1, 0.15) is 52.4 Å². The van der Waals surface area contributed by atoms with E-state index in [1.54, 1.807) is 0 Å². The Kier molecular flexibility index (Phi) is 13.2. The number of unbranched alkanes of at least 4 members (excludes halogenated alkanes) is 2. The number of hydrogen-bond acceptors (Lipinski definition) is 2. The van der Waals surface area contributed by atoms with E-state index in [1.807, 2.05) is 13.0 Å². The van der Waals surface area contributed by atoms with Crippen LogP contribution in [0.25, 0.3) is 0 Å². The van der Waals surface area contributed by atoms with Crippen LogP contribution in [0.2, 0.25) is 0 Å². The summed E-state index contributed by atoms with van der Waals surface area (Å²) in [4.78, 5) is 19.9. The minimum atomic E-state index is -4.64. The van der Waals surface area contributed by atoms with Gasteiger partial charge in [-0.3, -0.25) is 9.59 Å². The van der Waals surface area contributed by atoms with Gasteiger partial charge in [-0.15, -0.1) is 0 Å². The van der Waals surface area contributed by atoms with Crippen molar-refractivity contribution in [3.05, 3.63) is 12.2 Å². The average Bonchev–Trinajstić information content (AvgIpc) is 2.30. The second-order valence-electron chi connectivity index (χ2n) is 3.76. The lowest BCUT2D eigenvalue weighted by Gasteiger charge is -1.96. The molecule has 0 saturated carbocycles. The fourth-order valence-electron chi connectivity index (χ4n) is 1.11. The predicted molar refractivity (Wildman–Crippen MR) is 65.3 cm³/mol. The van der Waals surface area contributed by atoms with Gasteiger partial charge in [0, 0.05) is 12.8 Å². The highest BCUT2D eigenvalue weighted by Crippen LogP contribution is 2.08. The predicted octanol–water partition coefficient (Wildman–Crippen LogP) is 4.24. The maximum atomic E-state index is 11.2. The van der Waals surface area contributed by atoms with Crippen molar-refractivity contribution in [2.75, 3.05) is 0 Å². The van der Waals surface area contributed by atoms with E-state index in [4.69, 9.17) is 4.79 Å². The SMILES string of the molecule is CC=CCCC(=O)CCCCC.O=CC(F)(F)F. The van der Waals surface area contributed by atoms with Crippen molar-refractivity contribution in [1.29, 1.82) is 0 Å². The molecule has 0 rings (SSSR count). The molecule has 0 aromatic rings. The zero-order valence-corrected chi connectivity index (χ0v) is 10.9. The Morgan fingerprint density at radius 3 is 2.11 bits per heavy atom. The van der Waals surface area contributed by atoms with Crippen LogP contribution in [-0.4, -0.2) is 18.2 Å². The molecule has 2 nitrogen and oxygen atoms in total. The Morgan fingerprint density at radius 2 is 1.72 bits per heavy atom. The highest BCUT2D eigenvalue weighted by Gasteiger charge is 2.24. The van der Waals surface area contributed by atoms with Crippen LogP contribution in [0.4, 0.5) is 13.2 Å². The summed E-state index contributed by atoms with van der Waals surface area (Å²) in [6.45, 7) is 4.14. The molecule has 5 heteroatoms. The van der Waals surface area contributed by atoms with Crippen LogP contribution in [0.3, 0.4) is 0 Å². The van der Waals surface area contributed by atoms with E-state index >= 15 is 0 Å². The largest absolute Gasteiger partial charge is 0.446 e. The Hall–Kier alpha value is -1.13. The molecule has 0 aliphatic heterocycles. The van der Waals surface area contributed by atoms with E-state index in [9.17, 15) is 18.0 Å². The molecule has 18 heavy (non-hydrogen) atoms. The molecule has 0 bridgehead atoms. The Labute approximate surface area is 106 Å². The molecule has 0 unspecified atom stereocenters. The van der Waals surface area contributed by atoms with E-state index in [0.717, 1.165) is 25.7 Å². The number of alkyl halides is 3. The summed E-state index contributed by atoms with van der Waals surface area (Å²) in [6, 6.07) is 0. The fourth-order valence-corrected chi connectivity index (χ4v) is 1.11. The number of Topliss-reactive ketones (excluding diaryl/α,β-unsaturated/α-hetero) is 1. The number of allylic oxidation sites excluding steroid dienone is 2. The van der Waals surface area contributed by atoms with Gasteiger partial charge in [-0.05, 0) is 19.8 Å². The average molecular weight is 266 g/mol. The van der Waals surface area contributed by atoms with Gasteiger partial charge in [-0.25, -0.2) is 0 Å². The maximum Gasteiger partial charge on any atom is 0.446 e. The summed E-state index contributed by atoms with van der Waals surface area (Å²) in [5.41, 5.74) is 0. The van der Waals surface area contributed by atoms with E-state index < -0.39 is 12.5 Å². The highest BCUT2D eigenvalue weighted by molar-refractivity contribution is 5.78. The second-order valence-corrected chi connectivity index (χ2v) is 3.76. The fraction of sp³-hybridized carbons (Fsp3) is 0.692. The van der Waals surface area contributed by atoms with Gasteiger partial charge in [0.05, 0.1) is 0 Å². The number of carbonyl (C=O) groups excluding carboxylic acids is 2. The summed E-state index contributed by atoms with van der Waals surface area (Å²) >= 11 is 0. The van der Waals surface area contributed by atoms with E-state index in [2.05, 4.69) is 13.0 Å². The van der Waals surface area contributed by atoms with E-state index in [-0.39, 0.29) is 0 Å². The molecular weight excluding hydrogens is 245 g/mol. The van der Waals surface area contributed by atoms with E-state index in [0.29, 0.717) is 5.78 Å². The zero-order valence-electron chi connectivity index (χ0n) is 10.9. The molecule has 0 heterocycles. The molecule has 0 aromatic carbocycles. The normalized spacial score (nSPS) is 10.9. The smallest absolute Gasteiger partial charge is 0.300 e. The number of halogens is 3. The van der Waals surface area contributed by atoms with Crippen molar-refractivity contribution in [2.45, 2.75) is 58.5 Å². The molecule has 0 aliphatic carbocycles. The summed E-state index contributed by atoms with van der Waals surface area (Å²) < 4.78 is 31.2. The van der Waals surface area contributed by atoms with Crippen molar-refractivity contribution in [3.63, 3.8) is 0 Å². The summed E-state index contributed by atoms with van der Waals surface area (Å²) in [7, 11) is 0. The van der Waals surface area contributed by atoms with Crippen LogP contribution in [-0.2, 0) is 9.59 Å². The highest BCUT2D eigenvalue weighted by atomic mass is 19.4. The molecule has 0 radical (unpaired) electrons. The first kappa shape index (κ1) is 19.2. The summed E-state index contributed by atoms with van der Waals surface area (Å²) in [5.74, 6) is 0.418. The van der Waals surface area contributed by atoms with Gasteiger partial charge < -0.3 is 0 Å². The molecule has 0 N–H and O–H groups in total. The quantitative estimate of drug-likeness (QED) is 0.392. The standard InChI is InChI=1S/C11H20O.C2HF3O/c1-3-5-7-9-11(12)10-8-6-4-2;3-2(4,5)1-6/h3,5H,4,6-10H2,1-2H3;1H. The Balaban J connectivity index is 0. The number of carbonyl (C=O) groups is 2. The summed E-state index contributed by atoms with van der Waals surface area (Å²) in [5, 5.41) is 0. The van der Waals surface area contributed by atoms with Crippen LogP contribution in [0, 0.1) is 0 Å². The summed E-state index contributed by atoms with van der Waals surface area (Å²) in [6.07, 6.45) is 4.24. The van der Waals surface area contributed by atoms with Gasteiger partial charge in [0.2, 0.25) is 6.29 Å². The van der Waals surface area contributed by atoms with E-state index in [1.165, 1.54) is 12.8 Å². The van der Waals surface area contributed by atoms with Gasteiger partial charge in [0.25, 0.3) is 0 Å². The molecule has 0 aromatic heterocycles. The third kappa shape index (κ3) is 20.3. The number of hydrogen-bond donors (Lipinski definition) is 0. The molecule has 0 fully saturated rings. The first-order valence-electron chi connectivity index (χ1n) is 6.03. The first-order chi connectivity index (χ1) is 8.37. The zero-order chi connectivity index (χ0) is 14.4. The van der Waals surface area contributed by atoms with Gasteiger partial charge >= 0.3 is 6.18 Å². The van der Waals surface area contributed by atoms with Crippen molar-refractivity contribution < 1.29 is 22.8 Å². The molecule has 106 valence electrons. The molecular formula is C13H21F3O2. The van der Waals surface area contributed by atoms with Gasteiger partial charge in [0.15, 0.2) is 0 Å². The monoisotopic (exact) mass is 266 g/mol. The number of ketones is 1. The number of aldehydes is 1. The second kappa shape index (κ2) is 12.3. The van der Waals surface area contributed by atoms with Crippen molar-refractivity contribution in [2.24, 2.45) is 0 Å². The molecule has 0 atom stereocenters. The molecule has 0 aliphatic rings. The lowest BCUT2D eigenvalue weighted by Crippen LogP contribution is -2.07. The van der Waals surface area contributed by atoms with Crippen molar-refractivity contribution >= 4 is 12.1 Å². The molecule has 0 spiro atoms. The van der Waals surface area contributed by atoms with Crippen LogP contribution in [0.15, 0.2) is 12.2 Å². The third-order valence-electron chi connectivity index (χ3n) is 2.02. The number of rotatable bonds is 7. The van der Waals surface area contributed by atoms with Crippen LogP contribution >= 0.6 is 0 Å². The van der Waals surface area contributed by atoms with Crippen LogP contribution < -0.4 is 0 Å². The topological polar surface area (TPSA) is 34.1 Å². The lowest BCUT2D eigenvalue weighted by molar-refractivity contribution is -0.156. The van der Waals surface area contributed by atoms with Crippen molar-refractivity contribution in [3.8, 4) is 0 Å². The first-order valence-corrected chi connectivity index (χ1v) is 6.03. The van der Waals surface area contributed by atoms with Gasteiger partial charge in [0.1, 0.15) is 5.78 Å². The molecule has 0 saturated heterocycles. The Bertz CT molecular complexity index is 245. The maximum absolute atomic E-state index is 11.2. The minimum Gasteiger partial charge on any atom is -0.300 e. The Morgan fingerprint density at radius 1 is 1.17 bits per heavy atom. The van der Waals surface area contributed by atoms with Gasteiger partial charge in [-0.1, -0.05) is 31.9 Å². The van der Waals surface area contributed by atoms with Crippen molar-refractivity contribution in [1.82, 2.24) is 0 Å². The molecule has 0 amide bonds.